The molecule has 0 aliphatic heterocycles. The summed E-state index contributed by atoms with van der Waals surface area (Å²) in [7, 11) is 1.52. The van der Waals surface area contributed by atoms with E-state index < -0.39 is 18.5 Å². The minimum absolute atomic E-state index is 0.0219. The number of nitriles is 1. The number of furan rings is 1. The molecular weight excluding hydrogens is 392 g/mol. The Balaban J connectivity index is 1.45. The van der Waals surface area contributed by atoms with Crippen molar-refractivity contribution in [1.29, 1.82) is 5.26 Å². The zero-order valence-electron chi connectivity index (χ0n) is 15.7. The van der Waals surface area contributed by atoms with Crippen molar-refractivity contribution in [3.05, 3.63) is 51.6 Å². The van der Waals surface area contributed by atoms with Gasteiger partial charge in [-0.3, -0.25) is 4.79 Å². The molecule has 1 aliphatic rings. The predicted octanol–water partition coefficient (Wildman–Crippen LogP) is 3.80. The molecule has 7 nitrogen and oxygen atoms in total. The van der Waals surface area contributed by atoms with E-state index in [1.165, 1.54) is 18.4 Å². The van der Waals surface area contributed by atoms with E-state index in [0.29, 0.717) is 21.7 Å². The first-order valence-electron chi connectivity index (χ1n) is 9.13. The van der Waals surface area contributed by atoms with E-state index in [2.05, 4.69) is 11.4 Å². The fourth-order valence-electron chi connectivity index (χ4n) is 3.52. The topological polar surface area (TPSA) is 102 Å². The van der Waals surface area contributed by atoms with Crippen LogP contribution < -0.4 is 5.32 Å². The molecule has 148 valence electrons. The zero-order valence-corrected chi connectivity index (χ0v) is 16.6. The van der Waals surface area contributed by atoms with Gasteiger partial charge in [0.2, 0.25) is 5.76 Å². The van der Waals surface area contributed by atoms with Crippen LogP contribution in [0.2, 0.25) is 0 Å². The predicted molar refractivity (Wildman–Crippen MR) is 107 cm³/mol. The van der Waals surface area contributed by atoms with Crippen LogP contribution in [0.15, 0.2) is 28.7 Å². The normalized spacial score (nSPS) is 12.6. The summed E-state index contributed by atoms with van der Waals surface area (Å²) in [6, 6.07) is 9.38. The lowest BCUT2D eigenvalue weighted by molar-refractivity contribution is -0.119. The molecule has 2 aromatic heterocycles. The molecule has 1 amide bonds. The average molecular weight is 410 g/mol. The third kappa shape index (κ3) is 3.62. The fraction of sp³-hybridized carbons (Fsp3) is 0.286. The van der Waals surface area contributed by atoms with Gasteiger partial charge in [-0.05, 0) is 30.9 Å². The standard InChI is InChI=1S/C21H18N2O5S/c1-26-10-15-12-5-2-3-7-16(12)28-19(15)21(25)27-11-18(24)23-20-14(9-22)13-6-4-8-17(13)29-20/h2-3,5,7H,4,6,8,10-11H2,1H3,(H,23,24). The Bertz CT molecular complexity index is 1140. The lowest BCUT2D eigenvalue weighted by Gasteiger charge is -2.06. The number of fused-ring (bicyclic) bond motifs is 2. The molecule has 0 spiro atoms. The van der Waals surface area contributed by atoms with Crippen LogP contribution in [0.5, 0.6) is 0 Å². The second-order valence-electron chi connectivity index (χ2n) is 6.64. The van der Waals surface area contributed by atoms with Crippen molar-refractivity contribution in [2.45, 2.75) is 25.9 Å². The molecule has 0 saturated carbocycles. The maximum absolute atomic E-state index is 12.5. The molecule has 0 unspecified atom stereocenters. The molecule has 0 bridgehead atoms. The lowest BCUT2D eigenvalue weighted by atomic mass is 10.1. The molecule has 29 heavy (non-hydrogen) atoms. The summed E-state index contributed by atoms with van der Waals surface area (Å²) in [6.07, 6.45) is 2.81. The summed E-state index contributed by atoms with van der Waals surface area (Å²) < 4.78 is 15.9. The summed E-state index contributed by atoms with van der Waals surface area (Å²) in [6.45, 7) is -0.296. The molecular formula is C21H18N2O5S. The molecule has 0 saturated heterocycles. The Kier molecular flexibility index (Phi) is 5.34. The number of esters is 1. The summed E-state index contributed by atoms with van der Waals surface area (Å²) >= 11 is 1.41. The molecule has 8 heteroatoms. The SMILES string of the molecule is COCc1c(C(=O)OCC(=O)Nc2sc3c(c2C#N)CCC3)oc2ccccc12. The van der Waals surface area contributed by atoms with Gasteiger partial charge in [0.05, 0.1) is 12.2 Å². The molecule has 1 N–H and O–H groups in total. The zero-order chi connectivity index (χ0) is 20.4. The first kappa shape index (κ1) is 19.2. The van der Waals surface area contributed by atoms with Gasteiger partial charge < -0.3 is 19.2 Å². The highest BCUT2D eigenvalue weighted by Crippen LogP contribution is 2.38. The summed E-state index contributed by atoms with van der Waals surface area (Å²) in [5, 5.41) is 13.4. The number of nitrogens with one attached hydrogen (secondary N) is 1. The van der Waals surface area contributed by atoms with Crippen LogP contribution >= 0.6 is 11.3 Å². The van der Waals surface area contributed by atoms with Crippen molar-refractivity contribution >= 4 is 39.2 Å². The summed E-state index contributed by atoms with van der Waals surface area (Å²) in [5.74, 6) is -1.22. The lowest BCUT2D eigenvalue weighted by Crippen LogP contribution is -2.21. The third-order valence-corrected chi connectivity index (χ3v) is 6.00. The van der Waals surface area contributed by atoms with E-state index in [9.17, 15) is 14.9 Å². The number of benzene rings is 1. The highest BCUT2D eigenvalue weighted by atomic mass is 32.1. The molecule has 1 aliphatic carbocycles. The Morgan fingerprint density at radius 1 is 1.31 bits per heavy atom. The van der Waals surface area contributed by atoms with E-state index in [0.717, 1.165) is 35.1 Å². The highest BCUT2D eigenvalue weighted by Gasteiger charge is 2.25. The Labute approximate surface area is 170 Å². The number of carbonyl (C=O) groups is 2. The van der Waals surface area contributed by atoms with Crippen LogP contribution in [0, 0.1) is 11.3 Å². The number of thiophene rings is 1. The van der Waals surface area contributed by atoms with E-state index in [4.69, 9.17) is 13.9 Å². The van der Waals surface area contributed by atoms with Crippen molar-refractivity contribution in [3.8, 4) is 6.07 Å². The minimum Gasteiger partial charge on any atom is -0.450 e. The molecule has 2 heterocycles. The number of hydrogen-bond acceptors (Lipinski definition) is 7. The largest absolute Gasteiger partial charge is 0.450 e. The Morgan fingerprint density at radius 2 is 2.14 bits per heavy atom. The number of carbonyl (C=O) groups excluding carboxylic acids is 2. The first-order chi connectivity index (χ1) is 14.1. The monoisotopic (exact) mass is 410 g/mol. The Morgan fingerprint density at radius 3 is 2.93 bits per heavy atom. The van der Waals surface area contributed by atoms with Crippen LogP contribution in [-0.4, -0.2) is 25.6 Å². The number of nitrogens with zero attached hydrogens (tertiary/aromatic N) is 1. The second kappa shape index (κ2) is 8.07. The molecule has 0 fully saturated rings. The quantitative estimate of drug-likeness (QED) is 0.620. The van der Waals surface area contributed by atoms with E-state index in [1.54, 1.807) is 12.1 Å². The van der Waals surface area contributed by atoms with E-state index in [-0.39, 0.29) is 12.4 Å². The number of amides is 1. The van der Waals surface area contributed by atoms with Gasteiger partial charge in [-0.25, -0.2) is 4.79 Å². The average Bonchev–Trinajstić information content (AvgIpc) is 3.39. The van der Waals surface area contributed by atoms with Gasteiger partial charge in [-0.15, -0.1) is 11.3 Å². The smallest absolute Gasteiger partial charge is 0.375 e. The minimum atomic E-state index is -0.738. The van der Waals surface area contributed by atoms with Gasteiger partial charge in [0.25, 0.3) is 5.91 Å². The van der Waals surface area contributed by atoms with Crippen LogP contribution in [-0.2, 0) is 33.7 Å². The van der Waals surface area contributed by atoms with Crippen molar-refractivity contribution in [2.75, 3.05) is 19.0 Å². The van der Waals surface area contributed by atoms with Crippen LogP contribution in [0.25, 0.3) is 11.0 Å². The first-order valence-corrected chi connectivity index (χ1v) is 9.95. The number of aryl methyl sites for hydroxylation is 1. The molecule has 1 aromatic carbocycles. The van der Waals surface area contributed by atoms with Crippen molar-refractivity contribution in [2.24, 2.45) is 0 Å². The molecule has 0 radical (unpaired) electrons. The van der Waals surface area contributed by atoms with Crippen molar-refractivity contribution < 1.29 is 23.5 Å². The number of ether oxygens (including phenoxy) is 2. The number of hydrogen-bond donors (Lipinski definition) is 1. The second-order valence-corrected chi connectivity index (χ2v) is 7.74. The summed E-state index contributed by atoms with van der Waals surface area (Å²) in [5.41, 5.74) is 2.66. The summed E-state index contributed by atoms with van der Waals surface area (Å²) in [4.78, 5) is 25.9. The highest BCUT2D eigenvalue weighted by molar-refractivity contribution is 7.16. The third-order valence-electron chi connectivity index (χ3n) is 4.79. The molecule has 4 rings (SSSR count). The maximum atomic E-state index is 12.5. The van der Waals surface area contributed by atoms with Crippen LogP contribution in [0.3, 0.4) is 0 Å². The van der Waals surface area contributed by atoms with Crippen LogP contribution in [0.4, 0.5) is 5.00 Å². The fourth-order valence-corrected chi connectivity index (χ4v) is 4.78. The van der Waals surface area contributed by atoms with Gasteiger partial charge >= 0.3 is 5.97 Å². The maximum Gasteiger partial charge on any atom is 0.375 e. The van der Waals surface area contributed by atoms with Crippen molar-refractivity contribution in [1.82, 2.24) is 0 Å². The molecule has 0 atom stereocenters. The van der Waals surface area contributed by atoms with E-state index >= 15 is 0 Å². The number of methoxy groups -OCH3 is 1. The van der Waals surface area contributed by atoms with Gasteiger partial charge in [0, 0.05) is 22.9 Å². The van der Waals surface area contributed by atoms with Gasteiger partial charge in [-0.2, -0.15) is 5.26 Å². The van der Waals surface area contributed by atoms with Gasteiger partial charge in [0.15, 0.2) is 6.61 Å². The van der Waals surface area contributed by atoms with Gasteiger partial charge in [-0.1, -0.05) is 18.2 Å². The number of rotatable bonds is 6. The molecule has 3 aromatic rings. The van der Waals surface area contributed by atoms with Crippen molar-refractivity contribution in [3.63, 3.8) is 0 Å². The Hall–Kier alpha value is -3.15. The number of para-hydroxylation sites is 1. The number of anilines is 1. The van der Waals surface area contributed by atoms with Crippen LogP contribution in [0.1, 0.15) is 38.5 Å². The van der Waals surface area contributed by atoms with E-state index in [1.807, 2.05) is 12.1 Å². The van der Waals surface area contributed by atoms with Gasteiger partial charge in [0.1, 0.15) is 16.7 Å².